The average molecular weight is 212 g/mol. The Balaban J connectivity index is 2.30. The van der Waals surface area contributed by atoms with Crippen LogP contribution in [-0.2, 0) is 14.3 Å². The first-order valence-corrected chi connectivity index (χ1v) is 5.24. The summed E-state index contributed by atoms with van der Waals surface area (Å²) >= 11 is 0. The van der Waals surface area contributed by atoms with Gasteiger partial charge in [-0.3, -0.25) is 4.79 Å². The molecule has 0 saturated heterocycles. The maximum atomic E-state index is 11.4. The Kier molecular flexibility index (Phi) is 4.34. The molecule has 1 rings (SSSR count). The van der Waals surface area contributed by atoms with E-state index < -0.39 is 5.97 Å². The van der Waals surface area contributed by atoms with Gasteiger partial charge in [-0.05, 0) is 19.3 Å². The van der Waals surface area contributed by atoms with E-state index in [2.05, 4.69) is 0 Å². The van der Waals surface area contributed by atoms with E-state index >= 15 is 0 Å². The minimum Gasteiger partial charge on any atom is -0.478 e. The normalized spacial score (nSPS) is 19.8. The molecule has 1 unspecified atom stereocenters. The number of allylic oxidation sites excluding steroid dienone is 1. The van der Waals surface area contributed by atoms with Crippen LogP contribution in [0.25, 0.3) is 0 Å². The van der Waals surface area contributed by atoms with Crippen LogP contribution in [0.5, 0.6) is 0 Å². The van der Waals surface area contributed by atoms with E-state index in [1.165, 1.54) is 0 Å². The quantitative estimate of drug-likeness (QED) is 0.557. The van der Waals surface area contributed by atoms with Crippen LogP contribution in [0.4, 0.5) is 0 Å². The van der Waals surface area contributed by atoms with Crippen molar-refractivity contribution >= 4 is 11.9 Å². The lowest BCUT2D eigenvalue weighted by atomic mass is 10.1. The van der Waals surface area contributed by atoms with Gasteiger partial charge in [0.05, 0.1) is 12.5 Å². The molecule has 84 valence electrons. The third kappa shape index (κ3) is 3.38. The van der Waals surface area contributed by atoms with Crippen LogP contribution in [0.15, 0.2) is 11.6 Å². The lowest BCUT2D eigenvalue weighted by Crippen LogP contribution is -2.16. The fourth-order valence-electron chi connectivity index (χ4n) is 1.51. The van der Waals surface area contributed by atoms with E-state index in [9.17, 15) is 9.59 Å². The molecule has 0 aliphatic heterocycles. The Morgan fingerprint density at radius 3 is 2.87 bits per heavy atom. The maximum absolute atomic E-state index is 11.4. The zero-order valence-corrected chi connectivity index (χ0v) is 8.86. The first kappa shape index (κ1) is 11.8. The second kappa shape index (κ2) is 5.53. The summed E-state index contributed by atoms with van der Waals surface area (Å²) in [7, 11) is 0. The third-order valence-corrected chi connectivity index (χ3v) is 2.47. The van der Waals surface area contributed by atoms with E-state index in [1.807, 2.05) is 6.92 Å². The molecular formula is C11H16O4. The summed E-state index contributed by atoms with van der Waals surface area (Å²) in [4.78, 5) is 22.0. The third-order valence-electron chi connectivity index (χ3n) is 2.47. The molecule has 1 atom stereocenters. The molecule has 0 aromatic heterocycles. The Morgan fingerprint density at radius 2 is 2.33 bits per heavy atom. The summed E-state index contributed by atoms with van der Waals surface area (Å²) in [5.74, 6) is -1.48. The van der Waals surface area contributed by atoms with Crippen LogP contribution < -0.4 is 0 Å². The smallest absolute Gasteiger partial charge is 0.331 e. The Morgan fingerprint density at radius 1 is 1.60 bits per heavy atom. The summed E-state index contributed by atoms with van der Waals surface area (Å²) in [6, 6.07) is 0. The number of carboxylic acid groups (broad SMARTS) is 1. The van der Waals surface area contributed by atoms with E-state index in [1.54, 1.807) is 6.08 Å². The van der Waals surface area contributed by atoms with Crippen molar-refractivity contribution in [3.8, 4) is 0 Å². The maximum Gasteiger partial charge on any atom is 0.331 e. The monoisotopic (exact) mass is 212 g/mol. The highest BCUT2D eigenvalue weighted by molar-refractivity contribution is 5.89. The Hall–Kier alpha value is -1.32. The van der Waals surface area contributed by atoms with Gasteiger partial charge in [0.1, 0.15) is 0 Å². The van der Waals surface area contributed by atoms with Gasteiger partial charge in [0.25, 0.3) is 0 Å². The molecule has 4 heteroatoms. The first-order chi connectivity index (χ1) is 7.15. The summed E-state index contributed by atoms with van der Waals surface area (Å²) in [6.07, 6.45) is 4.25. The molecule has 0 radical (unpaired) electrons. The van der Waals surface area contributed by atoms with Crippen molar-refractivity contribution in [2.24, 2.45) is 5.92 Å². The number of rotatable bonds is 5. The van der Waals surface area contributed by atoms with Crippen LogP contribution in [0.2, 0.25) is 0 Å². The van der Waals surface area contributed by atoms with Gasteiger partial charge >= 0.3 is 11.9 Å². The molecule has 15 heavy (non-hydrogen) atoms. The van der Waals surface area contributed by atoms with Crippen molar-refractivity contribution in [3.05, 3.63) is 11.6 Å². The molecule has 0 spiro atoms. The molecule has 1 N–H and O–H groups in total. The number of carboxylic acids is 1. The lowest BCUT2D eigenvalue weighted by molar-refractivity contribution is -0.148. The molecule has 0 fully saturated rings. The van der Waals surface area contributed by atoms with Crippen molar-refractivity contribution < 1.29 is 19.4 Å². The van der Waals surface area contributed by atoms with Crippen LogP contribution in [-0.4, -0.2) is 23.7 Å². The number of aliphatic carboxylic acids is 1. The minimum absolute atomic E-state index is 0.268. The summed E-state index contributed by atoms with van der Waals surface area (Å²) in [5.41, 5.74) is 0.326. The van der Waals surface area contributed by atoms with E-state index in [0.29, 0.717) is 25.0 Å². The van der Waals surface area contributed by atoms with Crippen molar-refractivity contribution in [2.75, 3.05) is 6.61 Å². The molecule has 0 amide bonds. The second-order valence-electron chi connectivity index (χ2n) is 3.69. The number of hydrogen-bond donors (Lipinski definition) is 1. The van der Waals surface area contributed by atoms with Gasteiger partial charge in [0.15, 0.2) is 0 Å². The topological polar surface area (TPSA) is 63.6 Å². The van der Waals surface area contributed by atoms with Crippen LogP contribution in [0, 0.1) is 5.92 Å². The first-order valence-electron chi connectivity index (χ1n) is 5.24. The summed E-state index contributed by atoms with van der Waals surface area (Å²) < 4.78 is 5.03. The van der Waals surface area contributed by atoms with E-state index in [4.69, 9.17) is 9.84 Å². The van der Waals surface area contributed by atoms with Crippen LogP contribution in [0.1, 0.15) is 32.6 Å². The Bertz CT molecular complexity index is 280. The van der Waals surface area contributed by atoms with Gasteiger partial charge < -0.3 is 9.84 Å². The van der Waals surface area contributed by atoms with Crippen LogP contribution in [0.3, 0.4) is 0 Å². The standard InChI is InChI=1S/C11H16O4/c1-2-3-6-15-11(14)9-5-4-8(7-9)10(12)13/h4,9H,2-3,5-7H2,1H3,(H,12,13). The van der Waals surface area contributed by atoms with Crippen molar-refractivity contribution in [1.82, 2.24) is 0 Å². The Labute approximate surface area is 88.9 Å². The lowest BCUT2D eigenvalue weighted by Gasteiger charge is -2.09. The molecule has 0 aromatic carbocycles. The van der Waals surface area contributed by atoms with E-state index in [0.717, 1.165) is 12.8 Å². The molecule has 0 saturated carbocycles. The van der Waals surface area contributed by atoms with E-state index in [-0.39, 0.29) is 11.9 Å². The zero-order chi connectivity index (χ0) is 11.3. The molecule has 1 aliphatic carbocycles. The van der Waals surface area contributed by atoms with Crippen molar-refractivity contribution in [1.29, 1.82) is 0 Å². The van der Waals surface area contributed by atoms with Crippen molar-refractivity contribution in [2.45, 2.75) is 32.6 Å². The zero-order valence-electron chi connectivity index (χ0n) is 8.86. The molecule has 0 aromatic rings. The van der Waals surface area contributed by atoms with Gasteiger partial charge in [-0.2, -0.15) is 0 Å². The summed E-state index contributed by atoms with van der Waals surface area (Å²) in [6.45, 7) is 2.46. The van der Waals surface area contributed by atoms with Gasteiger partial charge in [-0.25, -0.2) is 4.79 Å². The predicted octanol–water partition coefficient (Wildman–Crippen LogP) is 1.75. The number of hydrogen-bond acceptors (Lipinski definition) is 3. The number of carbonyl (C=O) groups excluding carboxylic acids is 1. The highest BCUT2D eigenvalue weighted by Gasteiger charge is 2.27. The number of ether oxygens (including phenoxy) is 1. The van der Waals surface area contributed by atoms with Gasteiger partial charge in [0.2, 0.25) is 0 Å². The average Bonchev–Trinajstić information content (AvgIpc) is 2.66. The van der Waals surface area contributed by atoms with Gasteiger partial charge in [-0.15, -0.1) is 0 Å². The largest absolute Gasteiger partial charge is 0.478 e. The highest BCUT2D eigenvalue weighted by atomic mass is 16.5. The highest BCUT2D eigenvalue weighted by Crippen LogP contribution is 2.26. The van der Waals surface area contributed by atoms with Gasteiger partial charge in [-0.1, -0.05) is 19.4 Å². The minimum atomic E-state index is -0.932. The summed E-state index contributed by atoms with van der Waals surface area (Å²) in [5, 5.41) is 8.71. The molecule has 1 aliphatic rings. The van der Waals surface area contributed by atoms with Gasteiger partial charge in [0, 0.05) is 5.57 Å². The molecule has 0 heterocycles. The SMILES string of the molecule is CCCCOC(=O)C1CC=C(C(=O)O)C1. The fourth-order valence-corrected chi connectivity index (χ4v) is 1.51. The molecule has 0 bridgehead atoms. The number of esters is 1. The molecule has 4 nitrogen and oxygen atoms in total. The molecular weight excluding hydrogens is 196 g/mol. The fraction of sp³-hybridized carbons (Fsp3) is 0.636. The number of carbonyl (C=O) groups is 2. The van der Waals surface area contributed by atoms with Crippen LogP contribution >= 0.6 is 0 Å². The number of unbranched alkanes of at least 4 members (excludes halogenated alkanes) is 1. The second-order valence-corrected chi connectivity index (χ2v) is 3.69. The predicted molar refractivity (Wildman–Crippen MR) is 54.3 cm³/mol. The van der Waals surface area contributed by atoms with Crippen molar-refractivity contribution in [3.63, 3.8) is 0 Å².